The highest BCUT2D eigenvalue weighted by molar-refractivity contribution is 6.18. The first-order chi connectivity index (χ1) is 27.2. The Bertz CT molecular complexity index is 3500. The molecule has 8 aromatic carbocycles. The predicted octanol–water partition coefficient (Wildman–Crippen LogP) is 12.9. The quantitative estimate of drug-likeness (QED) is 0.182. The minimum absolute atomic E-state index is 0.567. The molecule has 0 saturated heterocycles. The van der Waals surface area contributed by atoms with Gasteiger partial charge in [0, 0.05) is 49.0 Å². The van der Waals surface area contributed by atoms with Crippen molar-refractivity contribution >= 4 is 76.5 Å². The van der Waals surface area contributed by atoms with Crippen LogP contribution in [-0.4, -0.2) is 19.5 Å². The summed E-state index contributed by atoms with van der Waals surface area (Å²) in [5, 5.41) is 8.79. The Labute approximate surface area is 313 Å². The number of hydrogen-bond donors (Lipinski definition) is 0. The number of nitrogens with zero attached hydrogens (tertiary/aromatic N) is 4. The molecule has 256 valence electrons. The van der Waals surface area contributed by atoms with Crippen molar-refractivity contribution in [1.82, 2.24) is 19.5 Å². The van der Waals surface area contributed by atoms with Crippen molar-refractivity contribution in [3.05, 3.63) is 170 Å². The maximum absolute atomic E-state index is 6.86. The molecule has 0 amide bonds. The van der Waals surface area contributed by atoms with Crippen LogP contribution in [0.1, 0.15) is 0 Å². The Morgan fingerprint density at radius 3 is 1.85 bits per heavy atom. The minimum Gasteiger partial charge on any atom is -0.456 e. The molecule has 55 heavy (non-hydrogen) atoms. The summed E-state index contributed by atoms with van der Waals surface area (Å²) >= 11 is 0. The highest BCUT2D eigenvalue weighted by Gasteiger charge is 2.23. The SMILES string of the molecule is c1ccc(-c2nc(-c3ccc4oc5ccccc5c4c3)nc(-c3ccc(-n4c5ccccc5c5cc6ccccc6cc54)c4oc5ccccc5c34)n2)cc1. The average molecular weight is 705 g/mol. The van der Waals surface area contributed by atoms with E-state index in [0.717, 1.165) is 77.3 Å². The topological polar surface area (TPSA) is 69.9 Å². The van der Waals surface area contributed by atoms with Crippen LogP contribution in [0.5, 0.6) is 0 Å². The van der Waals surface area contributed by atoms with Crippen LogP contribution >= 0.6 is 0 Å². The van der Waals surface area contributed by atoms with E-state index in [4.69, 9.17) is 23.8 Å². The third-order valence-electron chi connectivity index (χ3n) is 10.8. The third-order valence-corrected chi connectivity index (χ3v) is 10.8. The molecule has 0 aliphatic rings. The van der Waals surface area contributed by atoms with E-state index in [0.29, 0.717) is 17.5 Å². The number of rotatable bonds is 4. The lowest BCUT2D eigenvalue weighted by Crippen LogP contribution is -2.01. The van der Waals surface area contributed by atoms with Crippen LogP contribution in [0.4, 0.5) is 0 Å². The third kappa shape index (κ3) is 4.52. The molecular formula is C49H28N4O2. The van der Waals surface area contributed by atoms with Crippen LogP contribution in [0.25, 0.3) is 116 Å². The van der Waals surface area contributed by atoms with Gasteiger partial charge in [0.15, 0.2) is 23.1 Å². The number of hydrogen-bond acceptors (Lipinski definition) is 5. The maximum atomic E-state index is 6.86. The molecule has 6 heteroatoms. The van der Waals surface area contributed by atoms with Crippen LogP contribution < -0.4 is 0 Å². The Morgan fingerprint density at radius 2 is 1.02 bits per heavy atom. The molecular weight excluding hydrogens is 677 g/mol. The molecule has 0 saturated carbocycles. The van der Waals surface area contributed by atoms with Gasteiger partial charge in [-0.25, -0.2) is 15.0 Å². The van der Waals surface area contributed by atoms with Gasteiger partial charge in [-0.2, -0.15) is 0 Å². The second-order valence-corrected chi connectivity index (χ2v) is 14.0. The zero-order chi connectivity index (χ0) is 36.0. The molecule has 6 nitrogen and oxygen atoms in total. The van der Waals surface area contributed by atoms with E-state index in [2.05, 4.69) is 102 Å². The van der Waals surface area contributed by atoms with Gasteiger partial charge in [0.05, 0.1) is 16.7 Å². The van der Waals surface area contributed by atoms with Crippen molar-refractivity contribution in [2.75, 3.05) is 0 Å². The van der Waals surface area contributed by atoms with Crippen LogP contribution in [0.2, 0.25) is 0 Å². The molecule has 0 radical (unpaired) electrons. The first kappa shape index (κ1) is 29.9. The lowest BCUT2D eigenvalue weighted by molar-refractivity contribution is 0.666. The van der Waals surface area contributed by atoms with Gasteiger partial charge >= 0.3 is 0 Å². The van der Waals surface area contributed by atoms with E-state index in [1.54, 1.807) is 0 Å². The Balaban J connectivity index is 1.14. The largest absolute Gasteiger partial charge is 0.456 e. The zero-order valence-electron chi connectivity index (χ0n) is 29.3. The molecule has 0 bridgehead atoms. The van der Waals surface area contributed by atoms with Crippen LogP contribution in [0.15, 0.2) is 179 Å². The fourth-order valence-electron chi connectivity index (χ4n) is 8.30. The molecule has 12 rings (SSSR count). The molecule has 0 aliphatic heterocycles. The first-order valence-corrected chi connectivity index (χ1v) is 18.4. The predicted molar refractivity (Wildman–Crippen MR) is 223 cm³/mol. The van der Waals surface area contributed by atoms with Gasteiger partial charge in [-0.1, -0.05) is 109 Å². The Hall–Kier alpha value is -7.57. The monoisotopic (exact) mass is 704 g/mol. The van der Waals surface area contributed by atoms with Gasteiger partial charge in [0.25, 0.3) is 0 Å². The maximum Gasteiger partial charge on any atom is 0.164 e. The van der Waals surface area contributed by atoms with Gasteiger partial charge in [-0.15, -0.1) is 0 Å². The first-order valence-electron chi connectivity index (χ1n) is 18.4. The summed E-state index contributed by atoms with van der Waals surface area (Å²) in [6, 6.07) is 58.6. The number of para-hydroxylation sites is 3. The zero-order valence-corrected chi connectivity index (χ0v) is 29.3. The fraction of sp³-hybridized carbons (Fsp3) is 0. The average Bonchev–Trinajstić information content (AvgIpc) is 3.92. The summed E-state index contributed by atoms with van der Waals surface area (Å²) in [4.78, 5) is 15.5. The molecule has 4 heterocycles. The van der Waals surface area contributed by atoms with Gasteiger partial charge in [-0.05, 0) is 71.4 Å². The molecule has 4 aromatic heterocycles. The van der Waals surface area contributed by atoms with Gasteiger partial charge in [0.1, 0.15) is 16.7 Å². The lowest BCUT2D eigenvalue weighted by atomic mass is 10.0. The lowest BCUT2D eigenvalue weighted by Gasteiger charge is -2.13. The van der Waals surface area contributed by atoms with Crippen molar-refractivity contribution in [3.8, 4) is 39.9 Å². The molecule has 0 spiro atoms. The Morgan fingerprint density at radius 1 is 0.382 bits per heavy atom. The van der Waals surface area contributed by atoms with Gasteiger partial charge in [-0.3, -0.25) is 0 Å². The summed E-state index contributed by atoms with van der Waals surface area (Å²) in [7, 11) is 0. The van der Waals surface area contributed by atoms with Gasteiger partial charge < -0.3 is 13.4 Å². The van der Waals surface area contributed by atoms with Crippen molar-refractivity contribution < 1.29 is 8.83 Å². The fourth-order valence-corrected chi connectivity index (χ4v) is 8.30. The van der Waals surface area contributed by atoms with Crippen molar-refractivity contribution in [2.45, 2.75) is 0 Å². The van der Waals surface area contributed by atoms with E-state index in [-0.39, 0.29) is 0 Å². The molecule has 0 aliphatic carbocycles. The van der Waals surface area contributed by atoms with E-state index < -0.39 is 0 Å². The summed E-state index contributed by atoms with van der Waals surface area (Å²) in [6.07, 6.45) is 0. The highest BCUT2D eigenvalue weighted by atomic mass is 16.3. The Kier molecular flexibility index (Phi) is 6.24. The summed E-state index contributed by atoms with van der Waals surface area (Å²) in [5.41, 5.74) is 9.06. The summed E-state index contributed by atoms with van der Waals surface area (Å²) < 4.78 is 15.4. The summed E-state index contributed by atoms with van der Waals surface area (Å²) in [6.45, 7) is 0. The number of fused-ring (bicyclic) bond motifs is 10. The van der Waals surface area contributed by atoms with E-state index in [1.807, 2.05) is 72.8 Å². The van der Waals surface area contributed by atoms with E-state index in [1.165, 1.54) is 21.5 Å². The minimum atomic E-state index is 0.567. The smallest absolute Gasteiger partial charge is 0.164 e. The van der Waals surface area contributed by atoms with E-state index in [9.17, 15) is 0 Å². The normalized spacial score (nSPS) is 12.0. The highest BCUT2D eigenvalue weighted by Crippen LogP contribution is 2.43. The molecule has 0 fully saturated rings. The van der Waals surface area contributed by atoms with Crippen LogP contribution in [-0.2, 0) is 0 Å². The van der Waals surface area contributed by atoms with E-state index >= 15 is 0 Å². The number of benzene rings is 8. The van der Waals surface area contributed by atoms with Crippen LogP contribution in [0, 0.1) is 0 Å². The van der Waals surface area contributed by atoms with Crippen molar-refractivity contribution in [1.29, 1.82) is 0 Å². The van der Waals surface area contributed by atoms with Crippen molar-refractivity contribution in [2.24, 2.45) is 0 Å². The number of furan rings is 2. The number of aromatic nitrogens is 4. The van der Waals surface area contributed by atoms with Crippen LogP contribution in [0.3, 0.4) is 0 Å². The second kappa shape index (κ2) is 11.5. The summed E-state index contributed by atoms with van der Waals surface area (Å²) in [5.74, 6) is 1.74. The molecule has 0 N–H and O–H groups in total. The molecule has 12 aromatic rings. The van der Waals surface area contributed by atoms with Crippen molar-refractivity contribution in [3.63, 3.8) is 0 Å². The molecule has 0 unspecified atom stereocenters. The standard InChI is InChI=1S/C49H28N4O2/c1-2-12-29(13-3-1)47-50-48(32-22-25-44-38(27-32)34-17-7-10-20-42(34)54-44)52-49(51-47)36-23-24-40(46-45(36)35-18-8-11-21-43(35)55-46)53-39-19-9-6-16-33(39)37-26-30-14-4-5-15-31(30)28-41(37)53/h1-28H. The van der Waals surface area contributed by atoms with Gasteiger partial charge in [0.2, 0.25) is 0 Å². The second-order valence-electron chi connectivity index (χ2n) is 14.0. The molecule has 0 atom stereocenters.